The van der Waals surface area contributed by atoms with Crippen LogP contribution in [0.25, 0.3) is 11.2 Å². The number of rotatable bonds is 3. The van der Waals surface area contributed by atoms with E-state index in [9.17, 15) is 9.46 Å². The van der Waals surface area contributed by atoms with Crippen molar-refractivity contribution in [3.05, 3.63) is 12.7 Å². The zero-order chi connectivity index (χ0) is 11.8. The van der Waals surface area contributed by atoms with Crippen molar-refractivity contribution in [2.45, 2.75) is 6.73 Å². The van der Waals surface area contributed by atoms with Crippen LogP contribution < -0.4 is 15.2 Å². The van der Waals surface area contributed by atoms with Crippen molar-refractivity contribution in [3.8, 4) is 0 Å². The molecule has 1 atom stereocenters. The smallest absolute Gasteiger partial charge is 0.309 e. The van der Waals surface area contributed by atoms with Gasteiger partial charge in [-0.3, -0.25) is 14.1 Å². The zero-order valence-corrected chi connectivity index (χ0v) is 8.79. The maximum atomic E-state index is 10.4. The highest BCUT2D eigenvalue weighted by atomic mass is 31.2. The standard InChI is InChI=1S/C6H8N5O4P/c7-5-4-6(9-1-8-5)11(2-10-4)3-15-16(12,13)14/h1-2H,3H2,(H4,7,8,9,12,13,14). The molecule has 2 rings (SSSR count). The third kappa shape index (κ3) is 2.17. The molecule has 10 heteroatoms. The van der Waals surface area contributed by atoms with Crippen LogP contribution in [0.2, 0.25) is 0 Å². The third-order valence-electron chi connectivity index (χ3n) is 1.85. The van der Waals surface area contributed by atoms with Crippen LogP contribution in [-0.4, -0.2) is 19.8 Å². The summed E-state index contributed by atoms with van der Waals surface area (Å²) in [6, 6.07) is 0. The van der Waals surface area contributed by atoms with E-state index in [1.807, 2.05) is 0 Å². The molecule has 0 amide bonds. The maximum absolute atomic E-state index is 10.4. The summed E-state index contributed by atoms with van der Waals surface area (Å²) in [4.78, 5) is 29.2. The van der Waals surface area contributed by atoms with Gasteiger partial charge in [-0.05, 0) is 0 Å². The van der Waals surface area contributed by atoms with E-state index >= 15 is 0 Å². The quantitative estimate of drug-likeness (QED) is 0.430. The fourth-order valence-electron chi connectivity index (χ4n) is 1.18. The first kappa shape index (κ1) is 11.0. The van der Waals surface area contributed by atoms with E-state index in [4.69, 9.17) is 10.6 Å². The van der Waals surface area contributed by atoms with E-state index in [-0.39, 0.29) is 5.82 Å². The van der Waals surface area contributed by atoms with Crippen molar-refractivity contribution in [1.29, 1.82) is 0 Å². The highest BCUT2D eigenvalue weighted by Gasteiger charge is 2.15. The van der Waals surface area contributed by atoms with Gasteiger partial charge in [-0.15, -0.1) is 0 Å². The van der Waals surface area contributed by atoms with Crippen LogP contribution in [0.1, 0.15) is 0 Å². The Labute approximate surface area is 89.1 Å². The molecule has 2 aromatic heterocycles. The van der Waals surface area contributed by atoms with Gasteiger partial charge in [-0.2, -0.15) is 4.98 Å². The molecule has 0 aliphatic carbocycles. The lowest BCUT2D eigenvalue weighted by Crippen LogP contribution is -2.34. The van der Waals surface area contributed by atoms with Crippen LogP contribution in [0.3, 0.4) is 0 Å². The van der Waals surface area contributed by atoms with Crippen molar-refractivity contribution in [1.82, 2.24) is 15.0 Å². The molecule has 0 aliphatic heterocycles. The van der Waals surface area contributed by atoms with Gasteiger partial charge >= 0.3 is 5.65 Å². The van der Waals surface area contributed by atoms with Gasteiger partial charge in [0.25, 0.3) is 7.82 Å². The summed E-state index contributed by atoms with van der Waals surface area (Å²) in [5, 5.41) is 0. The van der Waals surface area contributed by atoms with Gasteiger partial charge in [0, 0.05) is 0 Å². The van der Waals surface area contributed by atoms with Crippen LogP contribution >= 0.6 is 7.82 Å². The first-order valence-electron chi connectivity index (χ1n) is 4.13. The molecule has 0 bridgehead atoms. The van der Waals surface area contributed by atoms with Crippen LogP contribution in [-0.2, 0) is 15.8 Å². The predicted molar refractivity (Wildman–Crippen MR) is 49.4 cm³/mol. The van der Waals surface area contributed by atoms with Gasteiger partial charge in [0.1, 0.15) is 0 Å². The molecule has 9 nitrogen and oxygen atoms in total. The SMILES string of the molecule is Nc1ncnc2c1[nH]c[n+]2COP(=O)([O-])O. The van der Waals surface area contributed by atoms with Gasteiger partial charge < -0.3 is 15.5 Å². The maximum Gasteiger partial charge on any atom is 0.309 e. The molecule has 0 aromatic carbocycles. The molecule has 86 valence electrons. The van der Waals surface area contributed by atoms with Crippen LogP contribution in [0, 0.1) is 0 Å². The molecule has 2 aromatic rings. The first-order chi connectivity index (χ1) is 7.47. The number of nitrogen functional groups attached to an aromatic ring is 1. The minimum absolute atomic E-state index is 0.234. The molecule has 0 spiro atoms. The monoisotopic (exact) mass is 245 g/mol. The zero-order valence-electron chi connectivity index (χ0n) is 7.90. The second-order valence-corrected chi connectivity index (χ2v) is 4.12. The van der Waals surface area contributed by atoms with Crippen LogP contribution in [0.15, 0.2) is 12.7 Å². The van der Waals surface area contributed by atoms with Crippen molar-refractivity contribution < 1.29 is 23.4 Å². The molecule has 16 heavy (non-hydrogen) atoms. The summed E-state index contributed by atoms with van der Waals surface area (Å²) in [6.07, 6.45) is 2.64. The highest BCUT2D eigenvalue weighted by Crippen LogP contribution is 2.29. The summed E-state index contributed by atoms with van der Waals surface area (Å²) >= 11 is 0. The lowest BCUT2D eigenvalue weighted by Gasteiger charge is -2.13. The number of aromatic nitrogens is 4. The molecule has 0 aliphatic rings. The summed E-state index contributed by atoms with van der Waals surface area (Å²) in [5.74, 6) is 0.234. The van der Waals surface area contributed by atoms with E-state index in [1.165, 1.54) is 17.2 Å². The minimum Gasteiger partial charge on any atom is -0.756 e. The molecule has 0 saturated carbocycles. The van der Waals surface area contributed by atoms with Crippen LogP contribution in [0.4, 0.5) is 5.82 Å². The Morgan fingerprint density at radius 3 is 3.12 bits per heavy atom. The van der Waals surface area contributed by atoms with E-state index in [0.717, 1.165) is 0 Å². The second-order valence-electron chi connectivity index (χ2n) is 2.93. The number of nitrogens with two attached hydrogens (primary N) is 1. The highest BCUT2D eigenvalue weighted by molar-refractivity contribution is 7.44. The number of fused-ring (bicyclic) bond motifs is 1. The van der Waals surface area contributed by atoms with Crippen molar-refractivity contribution in [2.24, 2.45) is 0 Å². The normalized spacial score (nSPS) is 15.1. The van der Waals surface area contributed by atoms with Gasteiger partial charge in [0.05, 0.1) is 0 Å². The number of aromatic amines is 1. The largest absolute Gasteiger partial charge is 0.756 e. The topological polar surface area (TPSA) is 141 Å². The number of hydrogen-bond donors (Lipinski definition) is 3. The number of anilines is 1. The van der Waals surface area contributed by atoms with Crippen molar-refractivity contribution >= 4 is 24.8 Å². The summed E-state index contributed by atoms with van der Waals surface area (Å²) in [6.45, 7) is -0.395. The lowest BCUT2D eigenvalue weighted by atomic mass is 10.5. The molecular weight excluding hydrogens is 237 g/mol. The number of H-pyrrole nitrogens is 1. The Morgan fingerprint density at radius 1 is 1.69 bits per heavy atom. The van der Waals surface area contributed by atoms with E-state index in [1.54, 1.807) is 0 Å². The third-order valence-corrected chi connectivity index (χ3v) is 2.30. The average Bonchev–Trinajstić information content (AvgIpc) is 2.58. The fraction of sp³-hybridized carbons (Fsp3) is 0.167. The fourth-order valence-corrected chi connectivity index (χ4v) is 1.45. The number of nitrogens with one attached hydrogen (secondary N) is 1. The summed E-state index contributed by atoms with van der Waals surface area (Å²) < 4.78 is 16.0. The van der Waals surface area contributed by atoms with E-state index in [0.29, 0.717) is 11.2 Å². The average molecular weight is 245 g/mol. The van der Waals surface area contributed by atoms with E-state index < -0.39 is 14.6 Å². The molecule has 0 saturated heterocycles. The Kier molecular flexibility index (Phi) is 2.60. The first-order valence-corrected chi connectivity index (χ1v) is 5.62. The molecule has 4 N–H and O–H groups in total. The van der Waals surface area contributed by atoms with Gasteiger partial charge in [0.15, 0.2) is 25.2 Å². The Hall–Kier alpha value is -1.54. The number of imidazole rings is 1. The van der Waals surface area contributed by atoms with Crippen LogP contribution in [0.5, 0.6) is 0 Å². The number of phosphoric acid groups is 1. The van der Waals surface area contributed by atoms with Crippen molar-refractivity contribution in [3.63, 3.8) is 0 Å². The molecule has 2 heterocycles. The van der Waals surface area contributed by atoms with Gasteiger partial charge in [0.2, 0.25) is 5.52 Å². The second kappa shape index (κ2) is 3.80. The minimum atomic E-state index is -4.76. The molecular formula is C6H8N5O4P. The Morgan fingerprint density at radius 2 is 2.44 bits per heavy atom. The number of phosphoric ester groups is 1. The van der Waals surface area contributed by atoms with Gasteiger partial charge in [-0.1, -0.05) is 4.98 Å². The molecule has 0 fully saturated rings. The number of hydrogen-bond acceptors (Lipinski definition) is 6. The van der Waals surface area contributed by atoms with Gasteiger partial charge in [-0.25, -0.2) is 4.57 Å². The molecule has 1 unspecified atom stereocenters. The Balaban J connectivity index is 2.32. The lowest BCUT2D eigenvalue weighted by molar-refractivity contribution is -0.704. The Bertz CT molecular complexity index is 563. The van der Waals surface area contributed by atoms with E-state index in [2.05, 4.69) is 19.5 Å². The summed E-state index contributed by atoms with van der Waals surface area (Å²) in [7, 11) is -4.76. The summed E-state index contributed by atoms with van der Waals surface area (Å²) in [5.41, 5.74) is 6.39. The van der Waals surface area contributed by atoms with Crippen molar-refractivity contribution in [2.75, 3.05) is 5.73 Å². The predicted octanol–water partition coefficient (Wildman–Crippen LogP) is -1.74. The molecule has 0 radical (unpaired) electrons. The number of nitrogens with zero attached hydrogens (tertiary/aromatic N) is 3.